The number of rotatable bonds is 9. The third kappa shape index (κ3) is 5.92. The molecule has 1 N–H and O–H groups in total. The van der Waals surface area contributed by atoms with Gasteiger partial charge in [-0.05, 0) is 43.7 Å². The summed E-state index contributed by atoms with van der Waals surface area (Å²) in [7, 11) is -4.36. The first-order valence-electron chi connectivity index (χ1n) is 9.61. The van der Waals surface area contributed by atoms with Crippen molar-refractivity contribution in [3.63, 3.8) is 0 Å². The van der Waals surface area contributed by atoms with Gasteiger partial charge in [-0.25, -0.2) is 16.8 Å². The van der Waals surface area contributed by atoms with E-state index in [0.29, 0.717) is 11.3 Å². The van der Waals surface area contributed by atoms with E-state index >= 15 is 0 Å². The van der Waals surface area contributed by atoms with Gasteiger partial charge >= 0.3 is 0 Å². The highest BCUT2D eigenvalue weighted by Crippen LogP contribution is 2.35. The molecule has 0 saturated carbocycles. The Morgan fingerprint density at radius 1 is 0.938 bits per heavy atom. The fourth-order valence-corrected chi connectivity index (χ4v) is 4.97. The second kappa shape index (κ2) is 9.78. The number of carbonyl (C=O) groups is 1. The number of nitrogens with one attached hydrogen (secondary N) is 1. The van der Waals surface area contributed by atoms with Gasteiger partial charge in [0.25, 0.3) is 0 Å². The lowest BCUT2D eigenvalue weighted by Gasteiger charge is -2.30. The summed E-state index contributed by atoms with van der Waals surface area (Å²) in [5, 5.41) is 2.78. The molecular weight excluding hydrogens is 456 g/mol. The fraction of sp³-hybridized carbons (Fsp3) is 0.381. The molecule has 0 bridgehead atoms. The van der Waals surface area contributed by atoms with Crippen LogP contribution in [0.15, 0.2) is 47.4 Å². The summed E-state index contributed by atoms with van der Waals surface area (Å²) in [4.78, 5) is 13.2. The number of sulfonamides is 1. The maximum Gasteiger partial charge on any atom is 0.244 e. The van der Waals surface area contributed by atoms with E-state index in [9.17, 15) is 21.6 Å². The summed E-state index contributed by atoms with van der Waals surface area (Å²) < 4.78 is 60.0. The smallest absolute Gasteiger partial charge is 0.244 e. The molecular formula is C21H28N2O7S2. The topological polar surface area (TPSA) is 119 Å². The van der Waals surface area contributed by atoms with Gasteiger partial charge in [-0.15, -0.1) is 0 Å². The molecule has 176 valence electrons. The summed E-state index contributed by atoms with van der Waals surface area (Å²) in [6.45, 7) is 3.19. The van der Waals surface area contributed by atoms with Gasteiger partial charge in [-0.3, -0.25) is 9.10 Å². The zero-order chi connectivity index (χ0) is 24.3. The zero-order valence-corrected chi connectivity index (χ0v) is 20.5. The van der Waals surface area contributed by atoms with Crippen LogP contribution in [0.2, 0.25) is 0 Å². The number of benzene rings is 2. The average molecular weight is 485 g/mol. The summed E-state index contributed by atoms with van der Waals surface area (Å²) >= 11 is 0. The Balaban J connectivity index is 2.33. The normalized spacial score (nSPS) is 13.7. The average Bonchev–Trinajstić information content (AvgIpc) is 2.72. The minimum absolute atomic E-state index is 0.168. The molecule has 0 saturated heterocycles. The van der Waals surface area contributed by atoms with Gasteiger partial charge in [0, 0.05) is 12.3 Å². The first-order valence-corrected chi connectivity index (χ1v) is 13.4. The third-order valence-electron chi connectivity index (χ3n) is 4.88. The number of nitrogens with zero attached hydrogens (tertiary/aromatic N) is 1. The van der Waals surface area contributed by atoms with Crippen LogP contribution in [0.1, 0.15) is 25.5 Å². The molecule has 1 amide bonds. The highest BCUT2D eigenvalue weighted by Gasteiger charge is 2.32. The number of hydrogen-bond acceptors (Lipinski definition) is 7. The predicted octanol–water partition coefficient (Wildman–Crippen LogP) is 2.14. The van der Waals surface area contributed by atoms with Crippen LogP contribution < -0.4 is 19.1 Å². The molecule has 0 unspecified atom stereocenters. The van der Waals surface area contributed by atoms with Gasteiger partial charge in [0.2, 0.25) is 15.9 Å². The summed E-state index contributed by atoms with van der Waals surface area (Å²) in [5.74, 6) is 0.127. The molecule has 0 aliphatic carbocycles. The van der Waals surface area contributed by atoms with Gasteiger partial charge in [-0.2, -0.15) is 0 Å². The molecule has 0 radical (unpaired) electrons. The van der Waals surface area contributed by atoms with Gasteiger partial charge in [0.15, 0.2) is 9.84 Å². The second-order valence-electron chi connectivity index (χ2n) is 7.34. The lowest BCUT2D eigenvalue weighted by atomic mass is 10.1. The van der Waals surface area contributed by atoms with Crippen LogP contribution in [-0.2, 0) is 24.7 Å². The van der Waals surface area contributed by atoms with Crippen molar-refractivity contribution in [2.24, 2.45) is 0 Å². The summed E-state index contributed by atoms with van der Waals surface area (Å²) in [6.07, 6.45) is 2.12. The highest BCUT2D eigenvalue weighted by atomic mass is 32.2. The molecule has 0 aliphatic heterocycles. The van der Waals surface area contributed by atoms with Crippen LogP contribution >= 0.6 is 0 Å². The molecule has 0 aromatic heterocycles. The van der Waals surface area contributed by atoms with Crippen molar-refractivity contribution in [2.45, 2.75) is 30.8 Å². The Morgan fingerprint density at radius 3 is 2.00 bits per heavy atom. The number of anilines is 1. The SMILES string of the molecule is COc1ccc(OC)c(N([C@@H](C)C(=O)N[C@H](C)c2ccc(S(C)(=O)=O)cc2)S(C)(=O)=O)c1. The Labute approximate surface area is 189 Å². The van der Waals surface area contributed by atoms with Crippen molar-refractivity contribution in [3.05, 3.63) is 48.0 Å². The molecule has 32 heavy (non-hydrogen) atoms. The number of sulfone groups is 1. The molecule has 2 atom stereocenters. The maximum atomic E-state index is 13.0. The molecule has 2 aromatic carbocycles. The molecule has 0 fully saturated rings. The number of hydrogen-bond donors (Lipinski definition) is 1. The number of methoxy groups -OCH3 is 2. The van der Waals surface area contributed by atoms with E-state index in [1.165, 1.54) is 39.3 Å². The Morgan fingerprint density at radius 2 is 1.53 bits per heavy atom. The first kappa shape index (κ1) is 25.5. The fourth-order valence-electron chi connectivity index (χ4n) is 3.17. The minimum atomic E-state index is -3.87. The standard InChI is InChI=1S/C21H28N2O7S2/c1-14(16-7-10-18(11-8-16)31(5,25)26)22-21(24)15(2)23(32(6,27)28)19-13-17(29-3)9-12-20(19)30-4/h7-15H,1-6H3,(H,22,24)/t14-,15+/m1/s1. The van der Waals surface area contributed by atoms with Crippen molar-refractivity contribution in [1.82, 2.24) is 5.32 Å². The summed E-state index contributed by atoms with van der Waals surface area (Å²) in [5.41, 5.74) is 0.838. The van der Waals surface area contributed by atoms with Crippen LogP contribution in [0.4, 0.5) is 5.69 Å². The second-order valence-corrected chi connectivity index (χ2v) is 11.2. The van der Waals surface area contributed by atoms with Crippen molar-refractivity contribution < 1.29 is 31.1 Å². The lowest BCUT2D eigenvalue weighted by molar-refractivity contribution is -0.122. The van der Waals surface area contributed by atoms with Gasteiger partial charge in [0.1, 0.15) is 17.5 Å². The molecule has 11 heteroatoms. The van der Waals surface area contributed by atoms with E-state index in [1.807, 2.05) is 0 Å². The molecule has 2 rings (SSSR count). The zero-order valence-electron chi connectivity index (χ0n) is 18.8. The van der Waals surface area contributed by atoms with Crippen molar-refractivity contribution in [1.29, 1.82) is 0 Å². The van der Waals surface area contributed by atoms with Crippen LogP contribution in [0, 0.1) is 0 Å². The number of carbonyl (C=O) groups excluding carboxylic acids is 1. The monoisotopic (exact) mass is 484 g/mol. The Bertz CT molecular complexity index is 1180. The van der Waals surface area contributed by atoms with Crippen LogP contribution in [0.5, 0.6) is 11.5 Å². The van der Waals surface area contributed by atoms with E-state index in [0.717, 1.165) is 16.8 Å². The van der Waals surface area contributed by atoms with E-state index in [4.69, 9.17) is 9.47 Å². The summed E-state index contributed by atoms with van der Waals surface area (Å²) in [6, 6.07) is 9.18. The van der Waals surface area contributed by atoms with Gasteiger partial charge in [0.05, 0.1) is 37.1 Å². The van der Waals surface area contributed by atoms with Gasteiger partial charge in [-0.1, -0.05) is 12.1 Å². The Kier molecular flexibility index (Phi) is 7.79. The van der Waals surface area contributed by atoms with Crippen molar-refractivity contribution >= 4 is 31.5 Å². The van der Waals surface area contributed by atoms with Crippen LogP contribution in [0.25, 0.3) is 0 Å². The van der Waals surface area contributed by atoms with Crippen molar-refractivity contribution in [3.8, 4) is 11.5 Å². The van der Waals surface area contributed by atoms with Crippen molar-refractivity contribution in [2.75, 3.05) is 31.0 Å². The van der Waals surface area contributed by atoms with Gasteiger partial charge < -0.3 is 14.8 Å². The molecule has 0 spiro atoms. The van der Waals surface area contributed by atoms with E-state index in [1.54, 1.807) is 31.2 Å². The van der Waals surface area contributed by atoms with Crippen LogP contribution in [0.3, 0.4) is 0 Å². The molecule has 0 aliphatic rings. The molecule has 0 heterocycles. The maximum absolute atomic E-state index is 13.0. The van der Waals surface area contributed by atoms with Crippen LogP contribution in [-0.4, -0.2) is 55.5 Å². The Hall–Kier alpha value is -2.79. The highest BCUT2D eigenvalue weighted by molar-refractivity contribution is 7.92. The number of ether oxygens (including phenoxy) is 2. The number of amides is 1. The largest absolute Gasteiger partial charge is 0.497 e. The molecule has 9 nitrogen and oxygen atoms in total. The predicted molar refractivity (Wildman–Crippen MR) is 122 cm³/mol. The lowest BCUT2D eigenvalue weighted by Crippen LogP contribution is -2.48. The van der Waals surface area contributed by atoms with E-state index in [2.05, 4.69) is 5.32 Å². The third-order valence-corrected chi connectivity index (χ3v) is 7.23. The molecule has 2 aromatic rings. The minimum Gasteiger partial charge on any atom is -0.497 e. The quantitative estimate of drug-likeness (QED) is 0.579. The van der Waals surface area contributed by atoms with E-state index in [-0.39, 0.29) is 16.3 Å². The van der Waals surface area contributed by atoms with E-state index < -0.39 is 37.9 Å². The first-order chi connectivity index (χ1) is 14.8.